The summed E-state index contributed by atoms with van der Waals surface area (Å²) < 4.78 is 1.66. The zero-order valence-corrected chi connectivity index (χ0v) is 9.96. The van der Waals surface area contributed by atoms with E-state index < -0.39 is 0 Å². The van der Waals surface area contributed by atoms with Crippen LogP contribution in [0.3, 0.4) is 0 Å². The van der Waals surface area contributed by atoms with E-state index in [1.165, 1.54) is 0 Å². The first-order valence-corrected chi connectivity index (χ1v) is 6.41. The third-order valence-corrected chi connectivity index (χ3v) is 2.82. The van der Waals surface area contributed by atoms with Gasteiger partial charge >= 0.3 is 0 Å². The molecule has 0 radical (unpaired) electrons. The van der Waals surface area contributed by atoms with Crippen LogP contribution < -0.4 is 5.32 Å². The average Bonchev–Trinajstić information content (AvgIpc) is 2.76. The van der Waals surface area contributed by atoms with Gasteiger partial charge in [-0.25, -0.2) is 0 Å². The normalized spacial score (nSPS) is 12.4. The van der Waals surface area contributed by atoms with Crippen LogP contribution in [0.25, 0.3) is 0 Å². The van der Waals surface area contributed by atoms with Gasteiger partial charge in [0.1, 0.15) is 6.04 Å². The highest BCUT2D eigenvalue weighted by Crippen LogP contribution is 2.02. The fourth-order valence-electron chi connectivity index (χ4n) is 1.21. The Morgan fingerprint density at radius 3 is 3.07 bits per heavy atom. The topological polar surface area (TPSA) is 46.9 Å². The summed E-state index contributed by atoms with van der Waals surface area (Å²) in [6.45, 7) is 2.59. The van der Waals surface area contributed by atoms with Gasteiger partial charge in [0.2, 0.25) is 5.91 Å². The maximum Gasteiger partial charge on any atom is 0.244 e. The van der Waals surface area contributed by atoms with E-state index in [9.17, 15) is 4.79 Å². The maximum atomic E-state index is 11.6. The van der Waals surface area contributed by atoms with Gasteiger partial charge in [-0.2, -0.15) is 16.9 Å². The Bertz CT molecular complexity index is 287. The van der Waals surface area contributed by atoms with E-state index in [0.717, 1.165) is 18.7 Å². The third-order valence-electron chi connectivity index (χ3n) is 2.13. The average molecular weight is 227 g/mol. The molecule has 1 aromatic heterocycles. The second-order valence-corrected chi connectivity index (χ2v) is 4.29. The van der Waals surface area contributed by atoms with Crippen LogP contribution in [0.1, 0.15) is 19.4 Å². The first-order valence-electron chi connectivity index (χ1n) is 5.01. The monoisotopic (exact) mass is 227 g/mol. The summed E-state index contributed by atoms with van der Waals surface area (Å²) in [5, 5.41) is 6.93. The second kappa shape index (κ2) is 6.50. The molecule has 1 aromatic rings. The summed E-state index contributed by atoms with van der Waals surface area (Å²) in [5.74, 6) is 1.11. The van der Waals surface area contributed by atoms with E-state index in [4.69, 9.17) is 0 Å². The molecular weight excluding hydrogens is 210 g/mol. The van der Waals surface area contributed by atoms with Crippen molar-refractivity contribution in [2.75, 3.05) is 18.6 Å². The lowest BCUT2D eigenvalue weighted by atomic mass is 10.3. The Balaban J connectivity index is 2.28. The number of carbonyl (C=O) groups is 1. The van der Waals surface area contributed by atoms with Crippen molar-refractivity contribution in [3.63, 3.8) is 0 Å². The number of amides is 1. The lowest BCUT2D eigenvalue weighted by molar-refractivity contribution is -0.124. The van der Waals surface area contributed by atoms with Crippen LogP contribution in [0, 0.1) is 0 Å². The van der Waals surface area contributed by atoms with Gasteiger partial charge in [-0.1, -0.05) is 0 Å². The highest BCUT2D eigenvalue weighted by molar-refractivity contribution is 7.98. The number of hydrogen-bond donors (Lipinski definition) is 1. The van der Waals surface area contributed by atoms with Gasteiger partial charge in [0.05, 0.1) is 0 Å². The van der Waals surface area contributed by atoms with Gasteiger partial charge in [0, 0.05) is 18.9 Å². The quantitative estimate of drug-likeness (QED) is 0.745. The minimum atomic E-state index is -0.228. The molecule has 0 fully saturated rings. The Morgan fingerprint density at radius 2 is 2.47 bits per heavy atom. The van der Waals surface area contributed by atoms with Gasteiger partial charge in [-0.05, 0) is 31.4 Å². The molecule has 1 heterocycles. The standard InChI is InChI=1S/C10H17N3OS/c1-9(13-7-3-6-12-13)10(14)11-5-4-8-15-2/h3,6-7,9H,4-5,8H2,1-2H3,(H,11,14)/t9-/m1/s1. The first kappa shape index (κ1) is 12.1. The Hall–Kier alpha value is -0.970. The second-order valence-electron chi connectivity index (χ2n) is 3.30. The molecule has 84 valence electrons. The summed E-state index contributed by atoms with van der Waals surface area (Å²) >= 11 is 1.79. The van der Waals surface area contributed by atoms with E-state index in [0.29, 0.717) is 0 Å². The van der Waals surface area contributed by atoms with Crippen molar-refractivity contribution in [2.45, 2.75) is 19.4 Å². The number of aromatic nitrogens is 2. The number of nitrogens with zero attached hydrogens (tertiary/aromatic N) is 2. The van der Waals surface area contributed by atoms with Crippen LogP contribution in [0.15, 0.2) is 18.5 Å². The molecule has 15 heavy (non-hydrogen) atoms. The van der Waals surface area contributed by atoms with Crippen LogP contribution in [0.2, 0.25) is 0 Å². The lowest BCUT2D eigenvalue weighted by Crippen LogP contribution is -2.32. The molecule has 0 aliphatic rings. The molecule has 0 saturated carbocycles. The SMILES string of the molecule is CSCCCNC(=O)[C@@H](C)n1cccn1. The molecule has 1 rings (SSSR count). The van der Waals surface area contributed by atoms with Gasteiger partial charge in [-0.15, -0.1) is 0 Å². The van der Waals surface area contributed by atoms with Gasteiger partial charge in [0.15, 0.2) is 0 Å². The maximum absolute atomic E-state index is 11.6. The van der Waals surface area contributed by atoms with Crippen molar-refractivity contribution >= 4 is 17.7 Å². The van der Waals surface area contributed by atoms with Crippen molar-refractivity contribution in [2.24, 2.45) is 0 Å². The van der Waals surface area contributed by atoms with Crippen LogP contribution in [-0.4, -0.2) is 34.2 Å². The van der Waals surface area contributed by atoms with Crippen molar-refractivity contribution < 1.29 is 4.79 Å². The lowest BCUT2D eigenvalue weighted by Gasteiger charge is -2.12. The van der Waals surface area contributed by atoms with Crippen LogP contribution in [0.4, 0.5) is 0 Å². The van der Waals surface area contributed by atoms with Gasteiger partial charge < -0.3 is 5.32 Å². The highest BCUT2D eigenvalue weighted by atomic mass is 32.2. The molecule has 1 N–H and O–H groups in total. The molecule has 0 unspecified atom stereocenters. The summed E-state index contributed by atoms with van der Waals surface area (Å²) in [6, 6.07) is 1.59. The number of rotatable bonds is 6. The van der Waals surface area contributed by atoms with Crippen molar-refractivity contribution in [3.8, 4) is 0 Å². The molecule has 0 bridgehead atoms. The number of nitrogens with one attached hydrogen (secondary N) is 1. The molecule has 5 heteroatoms. The zero-order chi connectivity index (χ0) is 11.1. The number of hydrogen-bond acceptors (Lipinski definition) is 3. The van der Waals surface area contributed by atoms with E-state index in [2.05, 4.69) is 16.7 Å². The van der Waals surface area contributed by atoms with E-state index >= 15 is 0 Å². The Labute approximate surface area is 94.4 Å². The summed E-state index contributed by atoms with van der Waals surface area (Å²) in [4.78, 5) is 11.6. The van der Waals surface area contributed by atoms with E-state index in [1.54, 1.807) is 28.8 Å². The molecule has 0 aliphatic carbocycles. The van der Waals surface area contributed by atoms with Crippen molar-refractivity contribution in [3.05, 3.63) is 18.5 Å². The molecule has 0 saturated heterocycles. The molecule has 0 spiro atoms. The summed E-state index contributed by atoms with van der Waals surface area (Å²) in [7, 11) is 0. The Morgan fingerprint density at radius 1 is 1.67 bits per heavy atom. The third kappa shape index (κ3) is 3.95. The van der Waals surface area contributed by atoms with Gasteiger partial charge in [-0.3, -0.25) is 9.48 Å². The highest BCUT2D eigenvalue weighted by Gasteiger charge is 2.13. The predicted molar refractivity (Wildman–Crippen MR) is 62.9 cm³/mol. The van der Waals surface area contributed by atoms with Gasteiger partial charge in [0.25, 0.3) is 0 Å². The van der Waals surface area contributed by atoms with Crippen LogP contribution in [-0.2, 0) is 4.79 Å². The minimum Gasteiger partial charge on any atom is -0.354 e. The molecule has 1 amide bonds. The largest absolute Gasteiger partial charge is 0.354 e. The Kier molecular flexibility index (Phi) is 5.25. The fraction of sp³-hybridized carbons (Fsp3) is 0.600. The van der Waals surface area contributed by atoms with E-state index in [-0.39, 0.29) is 11.9 Å². The summed E-state index contributed by atoms with van der Waals surface area (Å²) in [6.07, 6.45) is 6.55. The molecule has 1 atom stereocenters. The molecule has 4 nitrogen and oxygen atoms in total. The predicted octanol–water partition coefficient (Wildman–Crippen LogP) is 1.31. The zero-order valence-electron chi connectivity index (χ0n) is 9.14. The number of carbonyl (C=O) groups excluding carboxylic acids is 1. The summed E-state index contributed by atoms with van der Waals surface area (Å²) in [5.41, 5.74) is 0. The smallest absolute Gasteiger partial charge is 0.244 e. The molecule has 0 aliphatic heterocycles. The number of thioether (sulfide) groups is 1. The van der Waals surface area contributed by atoms with Crippen LogP contribution in [0.5, 0.6) is 0 Å². The van der Waals surface area contributed by atoms with Crippen LogP contribution >= 0.6 is 11.8 Å². The van der Waals surface area contributed by atoms with Crippen molar-refractivity contribution in [1.82, 2.24) is 15.1 Å². The fourth-order valence-corrected chi connectivity index (χ4v) is 1.64. The minimum absolute atomic E-state index is 0.0276. The van der Waals surface area contributed by atoms with E-state index in [1.807, 2.05) is 13.0 Å². The molecule has 0 aromatic carbocycles. The first-order chi connectivity index (χ1) is 7.25. The molecular formula is C10H17N3OS. The van der Waals surface area contributed by atoms with Crippen molar-refractivity contribution in [1.29, 1.82) is 0 Å².